The fraction of sp³-hybridized carbons (Fsp3) is 0.333. The SMILES string of the molecule is Cc1cccc(CN(C)CCC(O)c2ccccc2Br)c1. The van der Waals surface area contributed by atoms with Gasteiger partial charge in [0.15, 0.2) is 0 Å². The maximum absolute atomic E-state index is 10.3. The van der Waals surface area contributed by atoms with Crippen LogP contribution >= 0.6 is 15.9 Å². The van der Waals surface area contributed by atoms with Gasteiger partial charge in [-0.05, 0) is 37.6 Å². The Balaban J connectivity index is 1.86. The van der Waals surface area contributed by atoms with Gasteiger partial charge in [-0.2, -0.15) is 0 Å². The van der Waals surface area contributed by atoms with Crippen LogP contribution in [-0.2, 0) is 6.54 Å². The fourth-order valence-electron chi connectivity index (χ4n) is 2.44. The van der Waals surface area contributed by atoms with Gasteiger partial charge in [-0.25, -0.2) is 0 Å². The van der Waals surface area contributed by atoms with Gasteiger partial charge < -0.3 is 10.0 Å². The average molecular weight is 348 g/mol. The number of rotatable bonds is 6. The highest BCUT2D eigenvalue weighted by atomic mass is 79.9. The van der Waals surface area contributed by atoms with Crippen LogP contribution in [0, 0.1) is 6.92 Å². The third-order valence-electron chi connectivity index (χ3n) is 3.58. The van der Waals surface area contributed by atoms with E-state index in [9.17, 15) is 5.11 Å². The molecule has 0 saturated heterocycles. The quantitative estimate of drug-likeness (QED) is 0.841. The molecule has 1 N–H and O–H groups in total. The Morgan fingerprint density at radius 2 is 1.90 bits per heavy atom. The zero-order valence-electron chi connectivity index (χ0n) is 12.6. The first-order valence-corrected chi connectivity index (χ1v) is 8.02. The van der Waals surface area contributed by atoms with Crippen LogP contribution in [0.1, 0.15) is 29.2 Å². The van der Waals surface area contributed by atoms with Crippen LogP contribution in [0.25, 0.3) is 0 Å². The monoisotopic (exact) mass is 347 g/mol. The van der Waals surface area contributed by atoms with Gasteiger partial charge in [0.25, 0.3) is 0 Å². The van der Waals surface area contributed by atoms with Crippen molar-refractivity contribution >= 4 is 15.9 Å². The maximum atomic E-state index is 10.3. The summed E-state index contributed by atoms with van der Waals surface area (Å²) in [7, 11) is 2.09. The minimum Gasteiger partial charge on any atom is -0.388 e. The summed E-state index contributed by atoms with van der Waals surface area (Å²) < 4.78 is 0.971. The number of aryl methyl sites for hydroxylation is 1. The number of hydrogen-bond donors (Lipinski definition) is 1. The predicted molar refractivity (Wildman–Crippen MR) is 91.2 cm³/mol. The van der Waals surface area contributed by atoms with Crippen LogP contribution in [0.4, 0.5) is 0 Å². The predicted octanol–water partition coefficient (Wildman–Crippen LogP) is 4.31. The van der Waals surface area contributed by atoms with Crippen LogP contribution in [0.15, 0.2) is 53.0 Å². The Hall–Kier alpha value is -1.16. The van der Waals surface area contributed by atoms with Gasteiger partial charge in [0, 0.05) is 17.6 Å². The zero-order chi connectivity index (χ0) is 15.2. The third kappa shape index (κ3) is 4.95. The van der Waals surface area contributed by atoms with Gasteiger partial charge in [-0.1, -0.05) is 64.0 Å². The Morgan fingerprint density at radius 3 is 2.62 bits per heavy atom. The van der Waals surface area contributed by atoms with Gasteiger partial charge in [-0.3, -0.25) is 0 Å². The molecule has 2 rings (SSSR count). The summed E-state index contributed by atoms with van der Waals surface area (Å²) in [5.74, 6) is 0. The highest BCUT2D eigenvalue weighted by molar-refractivity contribution is 9.10. The summed E-state index contributed by atoms with van der Waals surface area (Å²) in [5.41, 5.74) is 3.56. The highest BCUT2D eigenvalue weighted by Crippen LogP contribution is 2.25. The molecule has 0 aliphatic heterocycles. The molecule has 0 aliphatic rings. The van der Waals surface area contributed by atoms with E-state index in [-0.39, 0.29) is 0 Å². The van der Waals surface area contributed by atoms with Gasteiger partial charge in [0.1, 0.15) is 0 Å². The molecule has 21 heavy (non-hydrogen) atoms. The summed E-state index contributed by atoms with van der Waals surface area (Å²) in [4.78, 5) is 2.24. The Labute approximate surface area is 135 Å². The van der Waals surface area contributed by atoms with E-state index < -0.39 is 6.10 Å². The largest absolute Gasteiger partial charge is 0.388 e. The zero-order valence-corrected chi connectivity index (χ0v) is 14.2. The number of halogens is 1. The topological polar surface area (TPSA) is 23.5 Å². The fourth-order valence-corrected chi connectivity index (χ4v) is 2.99. The number of aliphatic hydroxyl groups excluding tert-OH is 1. The van der Waals surface area contributed by atoms with Crippen molar-refractivity contribution in [3.05, 3.63) is 69.7 Å². The van der Waals surface area contributed by atoms with Gasteiger partial charge in [0.2, 0.25) is 0 Å². The lowest BCUT2D eigenvalue weighted by atomic mass is 10.1. The van der Waals surface area contributed by atoms with E-state index in [1.54, 1.807) is 0 Å². The molecule has 2 aromatic rings. The molecule has 0 radical (unpaired) electrons. The molecule has 112 valence electrons. The van der Waals surface area contributed by atoms with Crippen LogP contribution < -0.4 is 0 Å². The minimum atomic E-state index is -0.430. The average Bonchev–Trinajstić information content (AvgIpc) is 2.45. The molecular formula is C18H22BrNO. The van der Waals surface area contributed by atoms with E-state index in [4.69, 9.17) is 0 Å². The van der Waals surface area contributed by atoms with Crippen LogP contribution in [0.2, 0.25) is 0 Å². The normalized spacial score (nSPS) is 12.6. The van der Waals surface area contributed by atoms with E-state index in [1.807, 2.05) is 24.3 Å². The Bertz CT molecular complexity index is 585. The van der Waals surface area contributed by atoms with Crippen molar-refractivity contribution in [3.8, 4) is 0 Å². The molecular weight excluding hydrogens is 326 g/mol. The second kappa shape index (κ2) is 7.74. The number of benzene rings is 2. The molecule has 0 spiro atoms. The molecule has 3 heteroatoms. The lowest BCUT2D eigenvalue weighted by molar-refractivity contribution is 0.147. The third-order valence-corrected chi connectivity index (χ3v) is 4.31. The molecule has 0 amide bonds. The van der Waals surface area contributed by atoms with Crippen molar-refractivity contribution in [2.24, 2.45) is 0 Å². The molecule has 0 aliphatic carbocycles. The first-order valence-electron chi connectivity index (χ1n) is 7.23. The summed E-state index contributed by atoms with van der Waals surface area (Å²) in [6.45, 7) is 3.88. The van der Waals surface area contributed by atoms with Crippen LogP contribution in [0.3, 0.4) is 0 Å². The number of aliphatic hydroxyl groups is 1. The highest BCUT2D eigenvalue weighted by Gasteiger charge is 2.11. The van der Waals surface area contributed by atoms with Gasteiger partial charge in [0.05, 0.1) is 6.10 Å². The Morgan fingerprint density at radius 1 is 1.14 bits per heavy atom. The van der Waals surface area contributed by atoms with E-state index in [0.29, 0.717) is 0 Å². The second-order valence-electron chi connectivity index (χ2n) is 5.55. The number of hydrogen-bond acceptors (Lipinski definition) is 2. The molecule has 1 atom stereocenters. The minimum absolute atomic E-state index is 0.430. The van der Waals surface area contributed by atoms with Crippen molar-refractivity contribution in [1.29, 1.82) is 0 Å². The molecule has 1 unspecified atom stereocenters. The van der Waals surface area contributed by atoms with E-state index in [0.717, 1.165) is 29.5 Å². The van der Waals surface area contributed by atoms with Crippen molar-refractivity contribution in [3.63, 3.8) is 0 Å². The molecule has 2 aromatic carbocycles. The lowest BCUT2D eigenvalue weighted by Gasteiger charge is -2.20. The lowest BCUT2D eigenvalue weighted by Crippen LogP contribution is -2.21. The number of nitrogens with zero attached hydrogens (tertiary/aromatic N) is 1. The van der Waals surface area contributed by atoms with Crippen molar-refractivity contribution in [2.75, 3.05) is 13.6 Å². The van der Waals surface area contributed by atoms with Gasteiger partial charge in [-0.15, -0.1) is 0 Å². The smallest absolute Gasteiger partial charge is 0.0813 e. The van der Waals surface area contributed by atoms with Crippen molar-refractivity contribution in [2.45, 2.75) is 26.0 Å². The van der Waals surface area contributed by atoms with E-state index >= 15 is 0 Å². The first-order chi connectivity index (χ1) is 10.1. The molecule has 0 fully saturated rings. The Kier molecular flexibility index (Phi) is 5.97. The molecule has 0 heterocycles. The summed E-state index contributed by atoms with van der Waals surface area (Å²) in [6.07, 6.45) is 0.297. The summed E-state index contributed by atoms with van der Waals surface area (Å²) in [6, 6.07) is 16.4. The van der Waals surface area contributed by atoms with Crippen LogP contribution in [-0.4, -0.2) is 23.6 Å². The van der Waals surface area contributed by atoms with Crippen molar-refractivity contribution < 1.29 is 5.11 Å². The summed E-state index contributed by atoms with van der Waals surface area (Å²) >= 11 is 3.49. The first kappa shape index (κ1) is 16.2. The second-order valence-corrected chi connectivity index (χ2v) is 6.41. The molecule has 0 bridgehead atoms. The standard InChI is InChI=1S/C18H22BrNO/c1-14-6-5-7-15(12-14)13-20(2)11-10-18(21)16-8-3-4-9-17(16)19/h3-9,12,18,21H,10-11,13H2,1-2H3. The van der Waals surface area contributed by atoms with Crippen molar-refractivity contribution in [1.82, 2.24) is 4.90 Å². The van der Waals surface area contributed by atoms with E-state index in [2.05, 4.69) is 59.1 Å². The molecule has 0 saturated carbocycles. The molecule has 0 aromatic heterocycles. The molecule has 2 nitrogen and oxygen atoms in total. The van der Waals surface area contributed by atoms with E-state index in [1.165, 1.54) is 11.1 Å². The maximum Gasteiger partial charge on any atom is 0.0813 e. The van der Waals surface area contributed by atoms with Gasteiger partial charge >= 0.3 is 0 Å². The summed E-state index contributed by atoms with van der Waals surface area (Å²) in [5, 5.41) is 10.3. The van der Waals surface area contributed by atoms with Crippen LogP contribution in [0.5, 0.6) is 0 Å².